The summed E-state index contributed by atoms with van der Waals surface area (Å²) in [6, 6.07) is 6.20. The van der Waals surface area contributed by atoms with Crippen LogP contribution in [0.15, 0.2) is 24.3 Å². The summed E-state index contributed by atoms with van der Waals surface area (Å²) in [4.78, 5) is 12.0. The van der Waals surface area contributed by atoms with Gasteiger partial charge in [-0.25, -0.2) is 0 Å². The van der Waals surface area contributed by atoms with Crippen LogP contribution in [0.5, 0.6) is 5.75 Å². The predicted octanol–water partition coefficient (Wildman–Crippen LogP) is 2.92. The van der Waals surface area contributed by atoms with E-state index in [-0.39, 0.29) is 17.2 Å². The molecule has 0 fully saturated rings. The molecule has 0 aliphatic carbocycles. The molecule has 4 heteroatoms. The normalized spacial score (nSPS) is 14.1. The number of rotatable bonds is 5. The highest BCUT2D eigenvalue weighted by Gasteiger charge is 2.23. The Morgan fingerprint density at radius 2 is 2.00 bits per heavy atom. The largest absolute Gasteiger partial charge is 0.508 e. The summed E-state index contributed by atoms with van der Waals surface area (Å²) in [6.45, 7) is 4.00. The van der Waals surface area contributed by atoms with Crippen molar-refractivity contribution in [2.45, 2.75) is 32.2 Å². The minimum Gasteiger partial charge on any atom is -0.508 e. The number of nitrogens with one attached hydrogen (secondary N) is 1. The molecule has 2 N–H and O–H groups in total. The molecule has 0 saturated carbocycles. The zero-order chi connectivity index (χ0) is 12.9. The van der Waals surface area contributed by atoms with Gasteiger partial charge in [-0.2, -0.15) is 0 Å². The van der Waals surface area contributed by atoms with Gasteiger partial charge >= 0.3 is 0 Å². The van der Waals surface area contributed by atoms with E-state index in [0.717, 1.165) is 12.8 Å². The molecule has 1 rings (SSSR count). The van der Waals surface area contributed by atoms with Crippen LogP contribution in [0.3, 0.4) is 0 Å². The SMILES string of the molecule is CCC(C)(CCCl)NC(=O)c1ccc(O)cc1. The lowest BCUT2D eigenvalue weighted by atomic mass is 9.95. The maximum atomic E-state index is 12.0. The van der Waals surface area contributed by atoms with E-state index in [9.17, 15) is 4.79 Å². The maximum Gasteiger partial charge on any atom is 0.251 e. The van der Waals surface area contributed by atoms with Crippen molar-refractivity contribution in [2.24, 2.45) is 0 Å². The number of amides is 1. The number of hydrogen-bond donors (Lipinski definition) is 2. The van der Waals surface area contributed by atoms with Crippen LogP contribution in [-0.4, -0.2) is 22.4 Å². The van der Waals surface area contributed by atoms with E-state index in [1.165, 1.54) is 12.1 Å². The van der Waals surface area contributed by atoms with Gasteiger partial charge in [0.15, 0.2) is 0 Å². The van der Waals surface area contributed by atoms with E-state index in [4.69, 9.17) is 16.7 Å². The zero-order valence-corrected chi connectivity index (χ0v) is 10.9. The number of alkyl halides is 1. The number of carbonyl (C=O) groups excluding carboxylic acids is 1. The summed E-state index contributed by atoms with van der Waals surface area (Å²) >= 11 is 5.73. The van der Waals surface area contributed by atoms with E-state index >= 15 is 0 Å². The van der Waals surface area contributed by atoms with Gasteiger partial charge in [0, 0.05) is 17.0 Å². The second-order valence-corrected chi connectivity index (χ2v) is 4.73. The Hall–Kier alpha value is -1.22. The van der Waals surface area contributed by atoms with E-state index in [1.54, 1.807) is 12.1 Å². The van der Waals surface area contributed by atoms with Crippen molar-refractivity contribution in [3.05, 3.63) is 29.8 Å². The summed E-state index contributed by atoms with van der Waals surface area (Å²) in [5.74, 6) is 0.528. The summed E-state index contributed by atoms with van der Waals surface area (Å²) in [5.41, 5.74) is 0.258. The van der Waals surface area contributed by atoms with E-state index in [0.29, 0.717) is 11.4 Å². The second-order valence-electron chi connectivity index (χ2n) is 4.35. The first kappa shape index (κ1) is 13.8. The summed E-state index contributed by atoms with van der Waals surface area (Å²) in [5, 5.41) is 12.1. The summed E-state index contributed by atoms with van der Waals surface area (Å²) in [7, 11) is 0. The van der Waals surface area contributed by atoms with Crippen molar-refractivity contribution in [3.63, 3.8) is 0 Å². The van der Waals surface area contributed by atoms with Crippen LogP contribution in [0.4, 0.5) is 0 Å². The number of benzene rings is 1. The Labute approximate surface area is 107 Å². The highest BCUT2D eigenvalue weighted by molar-refractivity contribution is 6.17. The Kier molecular flexibility index (Phi) is 4.82. The first-order chi connectivity index (χ1) is 8.00. The first-order valence-corrected chi connectivity index (χ1v) is 6.22. The van der Waals surface area contributed by atoms with Crippen LogP contribution >= 0.6 is 11.6 Å². The molecule has 3 nitrogen and oxygen atoms in total. The third-order valence-electron chi connectivity index (χ3n) is 2.97. The monoisotopic (exact) mass is 255 g/mol. The molecule has 0 aliphatic heterocycles. The van der Waals surface area contributed by atoms with Crippen molar-refractivity contribution in [1.82, 2.24) is 5.32 Å². The lowest BCUT2D eigenvalue weighted by molar-refractivity contribution is 0.0901. The lowest BCUT2D eigenvalue weighted by Crippen LogP contribution is -2.45. The van der Waals surface area contributed by atoms with Crippen LogP contribution in [-0.2, 0) is 0 Å². The van der Waals surface area contributed by atoms with Crippen molar-refractivity contribution in [3.8, 4) is 5.75 Å². The van der Waals surface area contributed by atoms with Crippen molar-refractivity contribution in [2.75, 3.05) is 5.88 Å². The third kappa shape index (κ3) is 3.93. The highest BCUT2D eigenvalue weighted by atomic mass is 35.5. The Morgan fingerprint density at radius 3 is 2.47 bits per heavy atom. The fourth-order valence-electron chi connectivity index (χ4n) is 1.50. The van der Waals surface area contributed by atoms with Gasteiger partial charge in [0.25, 0.3) is 5.91 Å². The van der Waals surface area contributed by atoms with Crippen LogP contribution in [0.1, 0.15) is 37.0 Å². The zero-order valence-electron chi connectivity index (χ0n) is 10.2. The van der Waals surface area contributed by atoms with Crippen LogP contribution in [0.2, 0.25) is 0 Å². The average Bonchev–Trinajstić information content (AvgIpc) is 2.30. The molecule has 1 aromatic rings. The molecule has 0 heterocycles. The molecule has 1 amide bonds. The summed E-state index contributed by atoms with van der Waals surface area (Å²) in [6.07, 6.45) is 1.55. The molecule has 0 bridgehead atoms. The molecule has 94 valence electrons. The van der Waals surface area contributed by atoms with Gasteiger partial charge in [-0.15, -0.1) is 11.6 Å². The predicted molar refractivity (Wildman–Crippen MR) is 69.6 cm³/mol. The van der Waals surface area contributed by atoms with Crippen LogP contribution in [0, 0.1) is 0 Å². The third-order valence-corrected chi connectivity index (χ3v) is 3.16. The number of carbonyl (C=O) groups is 1. The van der Waals surface area contributed by atoms with Gasteiger partial charge < -0.3 is 10.4 Å². The Bertz CT molecular complexity index is 378. The highest BCUT2D eigenvalue weighted by Crippen LogP contribution is 2.17. The molecule has 0 saturated heterocycles. The fourth-order valence-corrected chi connectivity index (χ4v) is 1.91. The molecular weight excluding hydrogens is 238 g/mol. The van der Waals surface area contributed by atoms with Crippen molar-refractivity contribution in [1.29, 1.82) is 0 Å². The number of aromatic hydroxyl groups is 1. The molecule has 1 atom stereocenters. The molecule has 0 radical (unpaired) electrons. The molecule has 0 aliphatic rings. The number of halogens is 1. The standard InChI is InChI=1S/C13H18ClNO2/c1-3-13(2,8-9-14)15-12(17)10-4-6-11(16)7-5-10/h4-7,16H,3,8-9H2,1-2H3,(H,15,17). The number of phenolic OH excluding ortho intramolecular Hbond substituents is 1. The fraction of sp³-hybridized carbons (Fsp3) is 0.462. The van der Waals surface area contributed by atoms with Crippen LogP contribution in [0.25, 0.3) is 0 Å². The van der Waals surface area contributed by atoms with Gasteiger partial charge in [0.05, 0.1) is 0 Å². The topological polar surface area (TPSA) is 49.3 Å². The van der Waals surface area contributed by atoms with Gasteiger partial charge in [0.2, 0.25) is 0 Å². The van der Waals surface area contributed by atoms with Gasteiger partial charge in [-0.3, -0.25) is 4.79 Å². The van der Waals surface area contributed by atoms with Gasteiger partial charge in [-0.1, -0.05) is 6.92 Å². The van der Waals surface area contributed by atoms with E-state index < -0.39 is 0 Å². The van der Waals surface area contributed by atoms with Gasteiger partial charge in [-0.05, 0) is 44.0 Å². The molecule has 1 unspecified atom stereocenters. The first-order valence-electron chi connectivity index (χ1n) is 5.68. The molecule has 1 aromatic carbocycles. The summed E-state index contributed by atoms with van der Waals surface area (Å²) < 4.78 is 0. The average molecular weight is 256 g/mol. The molecule has 0 spiro atoms. The van der Waals surface area contributed by atoms with Crippen molar-refractivity contribution >= 4 is 17.5 Å². The molecular formula is C13H18ClNO2. The Morgan fingerprint density at radius 1 is 1.41 bits per heavy atom. The molecule has 17 heavy (non-hydrogen) atoms. The van der Waals surface area contributed by atoms with E-state index in [2.05, 4.69) is 5.32 Å². The number of hydrogen-bond acceptors (Lipinski definition) is 2. The van der Waals surface area contributed by atoms with Crippen molar-refractivity contribution < 1.29 is 9.90 Å². The number of phenols is 1. The second kappa shape index (κ2) is 5.92. The minimum absolute atomic E-state index is 0.139. The smallest absolute Gasteiger partial charge is 0.251 e. The molecule has 0 aromatic heterocycles. The van der Waals surface area contributed by atoms with Crippen LogP contribution < -0.4 is 5.32 Å². The maximum absolute atomic E-state index is 12.0. The van der Waals surface area contributed by atoms with Gasteiger partial charge in [0.1, 0.15) is 5.75 Å². The minimum atomic E-state index is -0.281. The lowest BCUT2D eigenvalue weighted by Gasteiger charge is -2.29. The Balaban J connectivity index is 2.74. The van der Waals surface area contributed by atoms with E-state index in [1.807, 2.05) is 13.8 Å². The quantitative estimate of drug-likeness (QED) is 0.795.